The van der Waals surface area contributed by atoms with Crippen molar-refractivity contribution in [3.05, 3.63) is 48.4 Å². The summed E-state index contributed by atoms with van der Waals surface area (Å²) in [5.41, 5.74) is 0.783. The SMILES string of the molecule is OC1(CNc2cc(-c3ccccc3F)nc3ccnn23)CCCNC1. The Balaban J connectivity index is 1.68. The zero-order valence-corrected chi connectivity index (χ0v) is 13.7. The van der Waals surface area contributed by atoms with Crippen LogP contribution in [0.3, 0.4) is 0 Å². The Bertz CT molecular complexity index is 888. The molecule has 2 aromatic heterocycles. The number of hydrogen-bond donors (Lipinski definition) is 3. The highest BCUT2D eigenvalue weighted by Crippen LogP contribution is 2.25. The third-order valence-electron chi connectivity index (χ3n) is 4.56. The Kier molecular flexibility index (Phi) is 4.10. The molecule has 0 aliphatic carbocycles. The number of fused-ring (bicyclic) bond motifs is 1. The summed E-state index contributed by atoms with van der Waals surface area (Å²) >= 11 is 0. The molecule has 7 heteroatoms. The highest BCUT2D eigenvalue weighted by molar-refractivity contribution is 5.66. The zero-order valence-electron chi connectivity index (χ0n) is 13.7. The van der Waals surface area contributed by atoms with Crippen molar-refractivity contribution in [2.24, 2.45) is 0 Å². The van der Waals surface area contributed by atoms with E-state index in [1.165, 1.54) is 6.07 Å². The zero-order chi connectivity index (χ0) is 17.3. The van der Waals surface area contributed by atoms with Crippen LogP contribution in [-0.2, 0) is 0 Å². The molecule has 6 nitrogen and oxygen atoms in total. The molecular formula is C18H20FN5O. The number of rotatable bonds is 4. The van der Waals surface area contributed by atoms with Crippen LogP contribution >= 0.6 is 0 Å². The fourth-order valence-electron chi connectivity index (χ4n) is 3.20. The summed E-state index contributed by atoms with van der Waals surface area (Å²) in [5, 5.41) is 21.4. The van der Waals surface area contributed by atoms with E-state index in [4.69, 9.17) is 0 Å². The van der Waals surface area contributed by atoms with E-state index in [9.17, 15) is 9.50 Å². The van der Waals surface area contributed by atoms with Crippen LogP contribution in [0.25, 0.3) is 16.9 Å². The van der Waals surface area contributed by atoms with Gasteiger partial charge >= 0.3 is 0 Å². The number of anilines is 1. The van der Waals surface area contributed by atoms with E-state index in [0.29, 0.717) is 35.8 Å². The van der Waals surface area contributed by atoms with Gasteiger partial charge in [0.2, 0.25) is 0 Å². The van der Waals surface area contributed by atoms with Gasteiger partial charge in [0.15, 0.2) is 5.65 Å². The number of halogens is 1. The number of hydrogen-bond acceptors (Lipinski definition) is 5. The van der Waals surface area contributed by atoms with E-state index in [1.54, 1.807) is 41.0 Å². The third kappa shape index (κ3) is 3.20. The Morgan fingerprint density at radius 1 is 1.32 bits per heavy atom. The molecule has 4 rings (SSSR count). The van der Waals surface area contributed by atoms with Gasteiger partial charge in [-0.15, -0.1) is 0 Å². The first-order valence-corrected chi connectivity index (χ1v) is 8.41. The highest BCUT2D eigenvalue weighted by Gasteiger charge is 2.29. The van der Waals surface area contributed by atoms with E-state index in [1.807, 2.05) is 0 Å². The molecule has 1 unspecified atom stereocenters. The number of piperidine rings is 1. The fraction of sp³-hybridized carbons (Fsp3) is 0.333. The summed E-state index contributed by atoms with van der Waals surface area (Å²) in [4.78, 5) is 4.48. The summed E-state index contributed by atoms with van der Waals surface area (Å²) in [7, 11) is 0. The summed E-state index contributed by atoms with van der Waals surface area (Å²) in [6.07, 6.45) is 3.32. The standard InChI is InChI=1S/C18H20FN5O/c19-14-5-2-1-4-13(14)15-10-17(24-16(23-15)6-9-22-24)21-12-18(25)7-3-8-20-11-18/h1-2,4-6,9-10,20-21,25H,3,7-8,11-12H2. The number of benzene rings is 1. The van der Waals surface area contributed by atoms with Gasteiger partial charge in [0.25, 0.3) is 0 Å². The first-order chi connectivity index (χ1) is 12.1. The predicted molar refractivity (Wildman–Crippen MR) is 93.9 cm³/mol. The molecule has 0 saturated carbocycles. The van der Waals surface area contributed by atoms with Crippen molar-refractivity contribution in [1.82, 2.24) is 19.9 Å². The molecule has 3 heterocycles. The first kappa shape index (κ1) is 16.0. The third-order valence-corrected chi connectivity index (χ3v) is 4.56. The monoisotopic (exact) mass is 341 g/mol. The Labute approximate surface area is 144 Å². The number of nitrogens with zero attached hydrogens (tertiary/aromatic N) is 3. The predicted octanol–water partition coefficient (Wildman–Crippen LogP) is 2.06. The smallest absolute Gasteiger partial charge is 0.157 e. The van der Waals surface area contributed by atoms with E-state index in [-0.39, 0.29) is 5.82 Å². The van der Waals surface area contributed by atoms with Crippen molar-refractivity contribution < 1.29 is 9.50 Å². The largest absolute Gasteiger partial charge is 0.387 e. The quantitative estimate of drug-likeness (QED) is 0.677. The second-order valence-corrected chi connectivity index (χ2v) is 6.47. The van der Waals surface area contributed by atoms with Crippen LogP contribution in [0.15, 0.2) is 42.6 Å². The van der Waals surface area contributed by atoms with Gasteiger partial charge in [-0.3, -0.25) is 0 Å². The van der Waals surface area contributed by atoms with Gasteiger partial charge in [-0.2, -0.15) is 9.61 Å². The first-order valence-electron chi connectivity index (χ1n) is 8.41. The van der Waals surface area contributed by atoms with Gasteiger partial charge in [0, 0.05) is 30.8 Å². The number of aromatic nitrogens is 3. The van der Waals surface area contributed by atoms with Crippen molar-refractivity contribution in [2.45, 2.75) is 18.4 Å². The molecule has 0 spiro atoms. The lowest BCUT2D eigenvalue weighted by Crippen LogP contribution is -2.50. The molecule has 25 heavy (non-hydrogen) atoms. The second-order valence-electron chi connectivity index (χ2n) is 6.47. The molecule has 3 aromatic rings. The Hall–Kier alpha value is -2.51. The minimum atomic E-state index is -0.806. The van der Waals surface area contributed by atoms with Gasteiger partial charge in [-0.05, 0) is 31.5 Å². The molecule has 1 fully saturated rings. The average Bonchev–Trinajstić information content (AvgIpc) is 3.09. The van der Waals surface area contributed by atoms with Crippen molar-refractivity contribution >= 4 is 11.5 Å². The molecule has 0 radical (unpaired) electrons. The maximum atomic E-state index is 14.1. The van der Waals surface area contributed by atoms with E-state index < -0.39 is 5.60 Å². The highest BCUT2D eigenvalue weighted by atomic mass is 19.1. The molecule has 1 atom stereocenters. The van der Waals surface area contributed by atoms with Gasteiger partial charge in [0.1, 0.15) is 11.6 Å². The summed E-state index contributed by atoms with van der Waals surface area (Å²) in [5.74, 6) is 0.354. The Morgan fingerprint density at radius 2 is 2.20 bits per heavy atom. The summed E-state index contributed by atoms with van der Waals surface area (Å²) in [6, 6.07) is 10.1. The lowest BCUT2D eigenvalue weighted by atomic mass is 9.94. The van der Waals surface area contributed by atoms with Crippen LogP contribution in [0.5, 0.6) is 0 Å². The Morgan fingerprint density at radius 3 is 3.00 bits per heavy atom. The lowest BCUT2D eigenvalue weighted by Gasteiger charge is -2.33. The van der Waals surface area contributed by atoms with E-state index in [0.717, 1.165) is 19.4 Å². The number of β-amino-alcohol motifs (C(OH)–C–C–N with tert-alkyl or cyclic N) is 1. The molecule has 1 saturated heterocycles. The molecule has 1 aromatic carbocycles. The van der Waals surface area contributed by atoms with Crippen LogP contribution in [0.2, 0.25) is 0 Å². The van der Waals surface area contributed by atoms with Crippen molar-refractivity contribution in [3.8, 4) is 11.3 Å². The average molecular weight is 341 g/mol. The van der Waals surface area contributed by atoms with Gasteiger partial charge in [-0.25, -0.2) is 9.37 Å². The molecule has 0 bridgehead atoms. The van der Waals surface area contributed by atoms with Gasteiger partial charge < -0.3 is 15.7 Å². The normalized spacial score (nSPS) is 20.7. The molecule has 0 amide bonds. The minimum absolute atomic E-state index is 0.320. The van der Waals surface area contributed by atoms with Gasteiger partial charge in [-0.1, -0.05) is 12.1 Å². The van der Waals surface area contributed by atoms with Gasteiger partial charge in [0.05, 0.1) is 17.5 Å². The molecule has 1 aliphatic heterocycles. The maximum Gasteiger partial charge on any atom is 0.157 e. The van der Waals surface area contributed by atoms with Crippen LogP contribution in [0.1, 0.15) is 12.8 Å². The van der Waals surface area contributed by atoms with E-state index >= 15 is 0 Å². The number of nitrogens with one attached hydrogen (secondary N) is 2. The van der Waals surface area contributed by atoms with Crippen LogP contribution < -0.4 is 10.6 Å². The summed E-state index contributed by atoms with van der Waals surface area (Å²) in [6.45, 7) is 1.86. The summed E-state index contributed by atoms with van der Waals surface area (Å²) < 4.78 is 15.8. The van der Waals surface area contributed by atoms with Crippen LogP contribution in [0.4, 0.5) is 10.2 Å². The van der Waals surface area contributed by atoms with Crippen molar-refractivity contribution in [2.75, 3.05) is 25.0 Å². The topological polar surface area (TPSA) is 74.5 Å². The van der Waals surface area contributed by atoms with E-state index in [2.05, 4.69) is 20.7 Å². The molecule has 1 aliphatic rings. The maximum absolute atomic E-state index is 14.1. The van der Waals surface area contributed by atoms with Crippen LogP contribution in [0, 0.1) is 5.82 Å². The van der Waals surface area contributed by atoms with Crippen molar-refractivity contribution in [3.63, 3.8) is 0 Å². The molecule has 130 valence electrons. The second kappa shape index (κ2) is 6.42. The molecule has 3 N–H and O–H groups in total. The number of aliphatic hydroxyl groups is 1. The minimum Gasteiger partial charge on any atom is -0.387 e. The lowest BCUT2D eigenvalue weighted by molar-refractivity contribution is 0.0291. The van der Waals surface area contributed by atoms with Crippen LogP contribution in [-0.4, -0.2) is 44.9 Å². The fourth-order valence-corrected chi connectivity index (χ4v) is 3.20. The van der Waals surface area contributed by atoms with Crippen molar-refractivity contribution in [1.29, 1.82) is 0 Å². The molecular weight excluding hydrogens is 321 g/mol.